The van der Waals surface area contributed by atoms with Crippen molar-refractivity contribution in [3.05, 3.63) is 78.0 Å². The molecule has 0 bridgehead atoms. The molecular formula is C22H17N. The average molecular weight is 295 g/mol. The highest BCUT2D eigenvalue weighted by Gasteiger charge is 2.39. The lowest BCUT2D eigenvalue weighted by Gasteiger charge is -2.24. The number of pyridine rings is 1. The number of hydrogen-bond donors (Lipinski definition) is 0. The minimum Gasteiger partial charge on any atom is -0.255 e. The van der Waals surface area contributed by atoms with E-state index in [9.17, 15) is 0 Å². The Kier molecular flexibility index (Phi) is 2.34. The topological polar surface area (TPSA) is 12.9 Å². The Morgan fingerprint density at radius 1 is 0.696 bits per heavy atom. The molecule has 23 heavy (non-hydrogen) atoms. The largest absolute Gasteiger partial charge is 0.255 e. The number of nitrogens with zero attached hydrogens (tertiary/aromatic N) is 1. The highest BCUT2D eigenvalue weighted by molar-refractivity contribution is 6.01. The van der Waals surface area contributed by atoms with Gasteiger partial charge in [0.2, 0.25) is 0 Å². The fourth-order valence-corrected chi connectivity index (χ4v) is 4.27. The van der Waals surface area contributed by atoms with Crippen LogP contribution in [-0.2, 0) is 5.41 Å². The lowest BCUT2D eigenvalue weighted by Crippen LogP contribution is -2.16. The first-order chi connectivity index (χ1) is 11.2. The van der Waals surface area contributed by atoms with Crippen molar-refractivity contribution in [2.75, 3.05) is 0 Å². The van der Waals surface area contributed by atoms with Crippen molar-refractivity contribution in [1.82, 2.24) is 4.98 Å². The summed E-state index contributed by atoms with van der Waals surface area (Å²) in [5.74, 6) is 0. The summed E-state index contributed by atoms with van der Waals surface area (Å²) in [5, 5.41) is 5.19. The summed E-state index contributed by atoms with van der Waals surface area (Å²) >= 11 is 0. The van der Waals surface area contributed by atoms with E-state index >= 15 is 0 Å². The summed E-state index contributed by atoms with van der Waals surface area (Å²) < 4.78 is 0. The van der Waals surface area contributed by atoms with Crippen molar-refractivity contribution < 1.29 is 0 Å². The Bertz CT molecular complexity index is 1000. The molecule has 1 heterocycles. The van der Waals surface area contributed by atoms with E-state index in [1.165, 1.54) is 38.2 Å². The highest BCUT2D eigenvalue weighted by atomic mass is 14.7. The maximum Gasteiger partial charge on any atom is 0.0752 e. The minimum atomic E-state index is -0.0423. The third-order valence-electron chi connectivity index (χ3n) is 5.23. The molecule has 1 aromatic heterocycles. The molecule has 0 atom stereocenters. The smallest absolute Gasteiger partial charge is 0.0752 e. The molecule has 4 aromatic rings. The quantitative estimate of drug-likeness (QED) is 0.406. The molecule has 0 aliphatic heterocycles. The zero-order valence-electron chi connectivity index (χ0n) is 13.3. The molecule has 0 radical (unpaired) electrons. The van der Waals surface area contributed by atoms with E-state index in [0.29, 0.717) is 0 Å². The molecule has 0 unspecified atom stereocenters. The van der Waals surface area contributed by atoms with E-state index in [0.717, 1.165) is 5.69 Å². The summed E-state index contributed by atoms with van der Waals surface area (Å²) in [7, 11) is 0. The summed E-state index contributed by atoms with van der Waals surface area (Å²) in [6.45, 7) is 4.66. The maximum absolute atomic E-state index is 4.83. The SMILES string of the molecule is CC1(C)c2c(ccc3ccccc23)-c2ncc3ccccc3c21. The molecule has 110 valence electrons. The Morgan fingerprint density at radius 3 is 2.13 bits per heavy atom. The van der Waals surface area contributed by atoms with Gasteiger partial charge in [0.1, 0.15) is 0 Å². The first-order valence-corrected chi connectivity index (χ1v) is 8.09. The first kappa shape index (κ1) is 12.8. The molecule has 1 nitrogen and oxygen atoms in total. The zero-order chi connectivity index (χ0) is 15.6. The van der Waals surface area contributed by atoms with Gasteiger partial charge in [-0.15, -0.1) is 0 Å². The summed E-state index contributed by atoms with van der Waals surface area (Å²) in [5.41, 5.74) is 5.17. The Hall–Kier alpha value is -2.67. The predicted molar refractivity (Wildman–Crippen MR) is 96.8 cm³/mol. The summed E-state index contributed by atoms with van der Waals surface area (Å²) in [4.78, 5) is 4.83. The van der Waals surface area contributed by atoms with Crippen molar-refractivity contribution in [3.8, 4) is 11.3 Å². The monoisotopic (exact) mass is 295 g/mol. The normalized spacial score (nSPS) is 14.9. The molecule has 0 amide bonds. The average Bonchev–Trinajstić information content (AvgIpc) is 2.83. The van der Waals surface area contributed by atoms with Crippen LogP contribution < -0.4 is 0 Å². The molecule has 1 heteroatoms. The molecule has 1 aliphatic carbocycles. The number of aromatic nitrogens is 1. The van der Waals surface area contributed by atoms with Crippen LogP contribution in [0, 0.1) is 0 Å². The van der Waals surface area contributed by atoms with Crippen LogP contribution in [0.25, 0.3) is 32.8 Å². The van der Waals surface area contributed by atoms with Gasteiger partial charge >= 0.3 is 0 Å². The minimum absolute atomic E-state index is 0.0423. The van der Waals surface area contributed by atoms with E-state index in [1.54, 1.807) is 0 Å². The Labute approximate surface area is 135 Å². The van der Waals surface area contributed by atoms with Gasteiger partial charge in [-0.2, -0.15) is 0 Å². The summed E-state index contributed by atoms with van der Waals surface area (Å²) in [6, 6.07) is 21.7. The van der Waals surface area contributed by atoms with Gasteiger partial charge in [0.15, 0.2) is 0 Å². The second-order valence-electron chi connectivity index (χ2n) is 6.90. The van der Waals surface area contributed by atoms with Gasteiger partial charge in [-0.05, 0) is 27.3 Å². The number of benzene rings is 3. The summed E-state index contributed by atoms with van der Waals surface area (Å²) in [6.07, 6.45) is 2.01. The van der Waals surface area contributed by atoms with Crippen LogP contribution in [0.4, 0.5) is 0 Å². The van der Waals surface area contributed by atoms with Crippen LogP contribution in [0.2, 0.25) is 0 Å². The van der Waals surface area contributed by atoms with Gasteiger partial charge in [0.05, 0.1) is 5.69 Å². The Morgan fingerprint density at radius 2 is 1.35 bits per heavy atom. The van der Waals surface area contributed by atoms with E-state index in [2.05, 4.69) is 74.5 Å². The van der Waals surface area contributed by atoms with Crippen LogP contribution in [0.3, 0.4) is 0 Å². The van der Waals surface area contributed by atoms with Gasteiger partial charge in [-0.25, -0.2) is 0 Å². The van der Waals surface area contributed by atoms with E-state index in [1.807, 2.05) is 6.20 Å². The number of fused-ring (bicyclic) bond motifs is 7. The predicted octanol–water partition coefficient (Wildman–Crippen LogP) is 5.69. The molecule has 5 rings (SSSR count). The lowest BCUT2D eigenvalue weighted by molar-refractivity contribution is 0.671. The fraction of sp³-hybridized carbons (Fsp3) is 0.136. The number of rotatable bonds is 0. The lowest BCUT2D eigenvalue weighted by atomic mass is 9.79. The maximum atomic E-state index is 4.83. The second kappa shape index (κ2) is 4.20. The van der Waals surface area contributed by atoms with Crippen molar-refractivity contribution in [1.29, 1.82) is 0 Å². The molecule has 0 fully saturated rings. The fourth-order valence-electron chi connectivity index (χ4n) is 4.27. The molecule has 1 aliphatic rings. The second-order valence-corrected chi connectivity index (χ2v) is 6.90. The molecule has 3 aromatic carbocycles. The molecule has 0 saturated heterocycles. The van der Waals surface area contributed by atoms with Crippen molar-refractivity contribution in [2.45, 2.75) is 19.3 Å². The molecule has 0 saturated carbocycles. The van der Waals surface area contributed by atoms with Crippen molar-refractivity contribution >= 4 is 21.5 Å². The van der Waals surface area contributed by atoms with E-state index < -0.39 is 0 Å². The first-order valence-electron chi connectivity index (χ1n) is 8.09. The van der Waals surface area contributed by atoms with Gasteiger partial charge in [-0.1, -0.05) is 74.5 Å². The van der Waals surface area contributed by atoms with Crippen LogP contribution >= 0.6 is 0 Å². The third kappa shape index (κ3) is 1.54. The Balaban J connectivity index is 1.99. The van der Waals surface area contributed by atoms with Gasteiger partial charge in [0.25, 0.3) is 0 Å². The highest BCUT2D eigenvalue weighted by Crippen LogP contribution is 2.52. The van der Waals surface area contributed by atoms with Crippen LogP contribution in [0.5, 0.6) is 0 Å². The van der Waals surface area contributed by atoms with Gasteiger partial charge in [0, 0.05) is 22.6 Å². The molecule has 0 spiro atoms. The van der Waals surface area contributed by atoms with Crippen LogP contribution in [0.15, 0.2) is 66.9 Å². The van der Waals surface area contributed by atoms with E-state index in [-0.39, 0.29) is 5.41 Å². The number of hydrogen-bond acceptors (Lipinski definition) is 1. The van der Waals surface area contributed by atoms with Crippen LogP contribution in [0.1, 0.15) is 25.0 Å². The standard InChI is InChI=1S/C22H17N/c1-22(2)19-16-9-5-3-7-14(16)11-12-18(19)21-20(22)17-10-6-4-8-15(17)13-23-21/h3-13H,1-2H3. The van der Waals surface area contributed by atoms with Crippen molar-refractivity contribution in [2.24, 2.45) is 0 Å². The van der Waals surface area contributed by atoms with Crippen LogP contribution in [-0.4, -0.2) is 4.98 Å². The third-order valence-corrected chi connectivity index (χ3v) is 5.23. The van der Waals surface area contributed by atoms with Gasteiger partial charge in [-0.3, -0.25) is 4.98 Å². The van der Waals surface area contributed by atoms with E-state index in [4.69, 9.17) is 4.98 Å². The molecular weight excluding hydrogens is 278 g/mol. The van der Waals surface area contributed by atoms with Gasteiger partial charge < -0.3 is 0 Å². The molecule has 0 N–H and O–H groups in total. The zero-order valence-corrected chi connectivity index (χ0v) is 13.3. The van der Waals surface area contributed by atoms with Crippen molar-refractivity contribution in [3.63, 3.8) is 0 Å².